The Labute approximate surface area is 86.6 Å². The Balaban J connectivity index is 2.55. The number of aromatic nitrogens is 3. The summed E-state index contributed by atoms with van der Waals surface area (Å²) in [5, 5.41) is 7.91. The molecule has 0 amide bonds. The molecule has 2 rings (SSSR count). The van der Waals surface area contributed by atoms with Gasteiger partial charge in [-0.05, 0) is 25.1 Å². The highest BCUT2D eigenvalue weighted by atomic mass is 19.1. The molecule has 0 aliphatic rings. The average Bonchev–Trinajstić information content (AvgIpc) is 2.53. The third-order valence-corrected chi connectivity index (χ3v) is 2.35. The van der Waals surface area contributed by atoms with Crippen molar-refractivity contribution in [2.45, 2.75) is 6.92 Å². The van der Waals surface area contributed by atoms with Gasteiger partial charge in [-0.2, -0.15) is 0 Å². The first kappa shape index (κ1) is 9.64. The van der Waals surface area contributed by atoms with Crippen LogP contribution in [0, 0.1) is 12.7 Å². The highest BCUT2D eigenvalue weighted by molar-refractivity contribution is 5.61. The lowest BCUT2D eigenvalue weighted by Crippen LogP contribution is -1.97. The van der Waals surface area contributed by atoms with Crippen molar-refractivity contribution in [3.63, 3.8) is 0 Å². The van der Waals surface area contributed by atoms with Gasteiger partial charge in [0.2, 0.25) is 0 Å². The van der Waals surface area contributed by atoms with Crippen molar-refractivity contribution in [3.8, 4) is 11.4 Å². The van der Waals surface area contributed by atoms with E-state index in [9.17, 15) is 4.39 Å². The van der Waals surface area contributed by atoms with Crippen LogP contribution in [0.5, 0.6) is 0 Å². The lowest BCUT2D eigenvalue weighted by molar-refractivity contribution is 0.632. The molecule has 0 aliphatic carbocycles. The molecule has 0 radical (unpaired) electrons. The van der Waals surface area contributed by atoms with Crippen LogP contribution in [0.15, 0.2) is 18.2 Å². The first-order valence-electron chi connectivity index (χ1n) is 4.51. The van der Waals surface area contributed by atoms with E-state index in [4.69, 9.17) is 5.73 Å². The largest absolute Gasteiger partial charge is 0.396 e. The maximum Gasteiger partial charge on any atom is 0.163 e. The maximum absolute atomic E-state index is 13.0. The molecule has 1 heterocycles. The van der Waals surface area contributed by atoms with E-state index in [1.807, 2.05) is 18.5 Å². The first-order chi connectivity index (χ1) is 7.09. The van der Waals surface area contributed by atoms with Crippen molar-refractivity contribution in [2.24, 2.45) is 7.05 Å². The Morgan fingerprint density at radius 1 is 1.33 bits per heavy atom. The molecule has 5 heteroatoms. The molecule has 0 spiro atoms. The molecule has 0 atom stereocenters. The summed E-state index contributed by atoms with van der Waals surface area (Å²) in [4.78, 5) is 0. The van der Waals surface area contributed by atoms with Crippen molar-refractivity contribution in [2.75, 3.05) is 5.73 Å². The quantitative estimate of drug-likeness (QED) is 0.719. The van der Waals surface area contributed by atoms with Gasteiger partial charge in [-0.15, -0.1) is 10.2 Å². The van der Waals surface area contributed by atoms with Crippen molar-refractivity contribution >= 4 is 5.69 Å². The SMILES string of the molecule is Cc1nnc(-c2ccc(F)c(N)c2)n1C. The standard InChI is InChI=1S/C10H11FN4/c1-6-13-14-10(15(6)2)7-3-4-8(11)9(12)5-7/h3-5H,12H2,1-2H3. The third-order valence-electron chi connectivity index (χ3n) is 2.35. The van der Waals surface area contributed by atoms with Crippen LogP contribution in [0.3, 0.4) is 0 Å². The van der Waals surface area contributed by atoms with E-state index in [2.05, 4.69) is 10.2 Å². The summed E-state index contributed by atoms with van der Waals surface area (Å²) in [5.41, 5.74) is 6.36. The molecule has 0 unspecified atom stereocenters. The summed E-state index contributed by atoms with van der Waals surface area (Å²) in [5.74, 6) is 1.06. The fourth-order valence-electron chi connectivity index (χ4n) is 1.34. The van der Waals surface area contributed by atoms with E-state index in [-0.39, 0.29) is 5.69 Å². The van der Waals surface area contributed by atoms with E-state index >= 15 is 0 Å². The fourth-order valence-corrected chi connectivity index (χ4v) is 1.34. The van der Waals surface area contributed by atoms with E-state index < -0.39 is 5.82 Å². The molecule has 15 heavy (non-hydrogen) atoms. The van der Waals surface area contributed by atoms with Crippen molar-refractivity contribution in [1.82, 2.24) is 14.8 Å². The molecule has 0 fully saturated rings. The van der Waals surface area contributed by atoms with Crippen LogP contribution in [0.2, 0.25) is 0 Å². The molecular formula is C10H11FN4. The van der Waals surface area contributed by atoms with E-state index in [1.165, 1.54) is 6.07 Å². The molecule has 0 saturated carbocycles. The second-order valence-corrected chi connectivity index (χ2v) is 3.37. The zero-order chi connectivity index (χ0) is 11.0. The molecule has 2 N–H and O–H groups in total. The summed E-state index contributed by atoms with van der Waals surface area (Å²) in [6.07, 6.45) is 0. The van der Waals surface area contributed by atoms with Gasteiger partial charge in [0, 0.05) is 12.6 Å². The third kappa shape index (κ3) is 1.56. The number of anilines is 1. The van der Waals surface area contributed by atoms with Crippen LogP contribution >= 0.6 is 0 Å². The van der Waals surface area contributed by atoms with Crippen LogP contribution in [-0.2, 0) is 7.05 Å². The Morgan fingerprint density at radius 3 is 2.60 bits per heavy atom. The van der Waals surface area contributed by atoms with E-state index in [0.29, 0.717) is 5.82 Å². The fraction of sp³-hybridized carbons (Fsp3) is 0.200. The molecule has 4 nitrogen and oxygen atoms in total. The molecule has 0 saturated heterocycles. The second-order valence-electron chi connectivity index (χ2n) is 3.37. The number of nitrogens with zero attached hydrogens (tertiary/aromatic N) is 3. The Bertz CT molecular complexity index is 504. The number of halogens is 1. The Hall–Kier alpha value is -1.91. The highest BCUT2D eigenvalue weighted by Crippen LogP contribution is 2.21. The summed E-state index contributed by atoms with van der Waals surface area (Å²) in [7, 11) is 1.85. The zero-order valence-electron chi connectivity index (χ0n) is 8.53. The van der Waals surface area contributed by atoms with Gasteiger partial charge in [-0.1, -0.05) is 0 Å². The number of nitrogens with two attached hydrogens (primary N) is 1. The van der Waals surface area contributed by atoms with Crippen molar-refractivity contribution < 1.29 is 4.39 Å². The van der Waals surface area contributed by atoms with Gasteiger partial charge in [0.25, 0.3) is 0 Å². The predicted molar refractivity (Wildman–Crippen MR) is 55.5 cm³/mol. The number of nitrogen functional groups attached to an aromatic ring is 1. The highest BCUT2D eigenvalue weighted by Gasteiger charge is 2.09. The molecule has 1 aromatic heterocycles. The Morgan fingerprint density at radius 2 is 2.07 bits per heavy atom. The average molecular weight is 206 g/mol. The monoisotopic (exact) mass is 206 g/mol. The van der Waals surface area contributed by atoms with Gasteiger partial charge in [-0.3, -0.25) is 0 Å². The molecule has 0 aliphatic heterocycles. The zero-order valence-corrected chi connectivity index (χ0v) is 8.53. The van der Waals surface area contributed by atoms with Gasteiger partial charge in [-0.25, -0.2) is 4.39 Å². The predicted octanol–water partition coefficient (Wildman–Crippen LogP) is 1.51. The summed E-state index contributed by atoms with van der Waals surface area (Å²) < 4.78 is 14.8. The molecular weight excluding hydrogens is 195 g/mol. The second kappa shape index (κ2) is 3.34. The molecule has 78 valence electrons. The van der Waals surface area contributed by atoms with Crippen LogP contribution in [0.25, 0.3) is 11.4 Å². The van der Waals surface area contributed by atoms with Gasteiger partial charge >= 0.3 is 0 Å². The minimum Gasteiger partial charge on any atom is -0.396 e. The molecule has 1 aromatic carbocycles. The first-order valence-corrected chi connectivity index (χ1v) is 4.51. The number of benzene rings is 1. The topological polar surface area (TPSA) is 56.7 Å². The lowest BCUT2D eigenvalue weighted by Gasteiger charge is -2.03. The van der Waals surface area contributed by atoms with Gasteiger partial charge < -0.3 is 10.3 Å². The summed E-state index contributed by atoms with van der Waals surface area (Å²) >= 11 is 0. The maximum atomic E-state index is 13.0. The number of hydrogen-bond acceptors (Lipinski definition) is 3. The van der Waals surface area contributed by atoms with Gasteiger partial charge in [0.1, 0.15) is 11.6 Å². The Kier molecular flexibility index (Phi) is 2.15. The number of aryl methyl sites for hydroxylation is 1. The molecule has 0 bridgehead atoms. The van der Waals surface area contributed by atoms with Crippen LogP contribution < -0.4 is 5.73 Å². The normalized spacial score (nSPS) is 10.6. The van der Waals surface area contributed by atoms with Crippen molar-refractivity contribution in [3.05, 3.63) is 29.8 Å². The summed E-state index contributed by atoms with van der Waals surface area (Å²) in [6.45, 7) is 1.85. The molecule has 2 aromatic rings. The van der Waals surface area contributed by atoms with E-state index in [1.54, 1.807) is 12.1 Å². The smallest absolute Gasteiger partial charge is 0.163 e. The summed E-state index contributed by atoms with van der Waals surface area (Å²) in [6, 6.07) is 4.52. The minimum atomic E-state index is -0.419. The van der Waals surface area contributed by atoms with Crippen LogP contribution in [0.4, 0.5) is 10.1 Å². The lowest BCUT2D eigenvalue weighted by atomic mass is 10.2. The van der Waals surface area contributed by atoms with Gasteiger partial charge in [0.15, 0.2) is 5.82 Å². The minimum absolute atomic E-state index is 0.119. The van der Waals surface area contributed by atoms with Crippen molar-refractivity contribution in [1.29, 1.82) is 0 Å². The number of rotatable bonds is 1. The van der Waals surface area contributed by atoms with E-state index in [0.717, 1.165) is 11.4 Å². The van der Waals surface area contributed by atoms with Crippen LogP contribution in [-0.4, -0.2) is 14.8 Å². The van der Waals surface area contributed by atoms with Gasteiger partial charge in [0.05, 0.1) is 5.69 Å². The number of hydrogen-bond donors (Lipinski definition) is 1. The van der Waals surface area contributed by atoms with Crippen LogP contribution in [0.1, 0.15) is 5.82 Å².